The molecule has 1 heterocycles. The SMILES string of the molecule is Nc1nc(C2=CCCC2C(=NO)C(=O)O)ns1. The summed E-state index contributed by atoms with van der Waals surface area (Å²) in [6.45, 7) is 0. The molecule has 1 aliphatic carbocycles. The second-order valence-electron chi connectivity index (χ2n) is 3.54. The van der Waals surface area contributed by atoms with Crippen LogP contribution < -0.4 is 5.73 Å². The highest BCUT2D eigenvalue weighted by Gasteiger charge is 2.32. The van der Waals surface area contributed by atoms with Crippen molar-refractivity contribution in [3.05, 3.63) is 11.9 Å². The molecule has 1 unspecified atom stereocenters. The van der Waals surface area contributed by atoms with Crippen LogP contribution in [0.1, 0.15) is 18.7 Å². The number of anilines is 1. The maximum atomic E-state index is 10.9. The van der Waals surface area contributed by atoms with E-state index in [0.29, 0.717) is 29.4 Å². The third-order valence-corrected chi connectivity index (χ3v) is 3.09. The number of nitrogens with zero attached hydrogens (tertiary/aromatic N) is 3. The van der Waals surface area contributed by atoms with Crippen molar-refractivity contribution in [3.63, 3.8) is 0 Å². The van der Waals surface area contributed by atoms with Crippen molar-refractivity contribution in [1.29, 1.82) is 0 Å². The lowest BCUT2D eigenvalue weighted by molar-refractivity contribution is -0.129. The number of allylic oxidation sites excluding steroid dienone is 2. The van der Waals surface area contributed by atoms with Gasteiger partial charge >= 0.3 is 5.97 Å². The normalized spacial score (nSPS) is 20.4. The number of aliphatic carboxylic acids is 1. The summed E-state index contributed by atoms with van der Waals surface area (Å²) in [5.41, 5.74) is 5.85. The summed E-state index contributed by atoms with van der Waals surface area (Å²) in [7, 11) is 0. The number of hydrogen-bond donors (Lipinski definition) is 3. The number of aromatic nitrogens is 2. The summed E-state index contributed by atoms with van der Waals surface area (Å²) in [5, 5.41) is 20.8. The largest absolute Gasteiger partial charge is 0.477 e. The van der Waals surface area contributed by atoms with E-state index in [1.165, 1.54) is 0 Å². The molecule has 1 aromatic heterocycles. The highest BCUT2D eigenvalue weighted by Crippen LogP contribution is 2.34. The Morgan fingerprint density at radius 1 is 1.65 bits per heavy atom. The monoisotopic (exact) mass is 254 g/mol. The van der Waals surface area contributed by atoms with E-state index in [9.17, 15) is 4.79 Å². The van der Waals surface area contributed by atoms with Crippen LogP contribution in [-0.4, -0.2) is 31.4 Å². The quantitative estimate of drug-likeness (QED) is 0.417. The topological polar surface area (TPSA) is 122 Å². The first-order valence-corrected chi connectivity index (χ1v) is 5.65. The Kier molecular flexibility index (Phi) is 3.05. The van der Waals surface area contributed by atoms with Gasteiger partial charge in [-0.05, 0) is 12.8 Å². The minimum Gasteiger partial charge on any atom is -0.477 e. The van der Waals surface area contributed by atoms with E-state index in [0.717, 1.165) is 11.5 Å². The molecule has 0 saturated heterocycles. The van der Waals surface area contributed by atoms with Gasteiger partial charge in [0.15, 0.2) is 16.7 Å². The molecule has 0 saturated carbocycles. The fraction of sp³-hybridized carbons (Fsp3) is 0.333. The summed E-state index contributed by atoms with van der Waals surface area (Å²) >= 11 is 1.05. The van der Waals surface area contributed by atoms with Gasteiger partial charge in [-0.2, -0.15) is 9.36 Å². The highest BCUT2D eigenvalue weighted by molar-refractivity contribution is 7.09. The van der Waals surface area contributed by atoms with Gasteiger partial charge in [-0.1, -0.05) is 11.2 Å². The Morgan fingerprint density at radius 2 is 2.41 bits per heavy atom. The first kappa shape index (κ1) is 11.5. The van der Waals surface area contributed by atoms with Crippen molar-refractivity contribution >= 4 is 33.9 Å². The van der Waals surface area contributed by atoms with Crippen LogP contribution in [0.4, 0.5) is 5.13 Å². The van der Waals surface area contributed by atoms with Crippen LogP contribution in [0.3, 0.4) is 0 Å². The lowest BCUT2D eigenvalue weighted by Crippen LogP contribution is -2.23. The van der Waals surface area contributed by atoms with Gasteiger partial charge in [-0.25, -0.2) is 4.79 Å². The Morgan fingerprint density at radius 3 is 2.94 bits per heavy atom. The molecule has 7 nitrogen and oxygen atoms in total. The Labute approximate surface area is 100 Å². The number of rotatable bonds is 3. The molecule has 1 atom stereocenters. The predicted molar refractivity (Wildman–Crippen MR) is 61.9 cm³/mol. The van der Waals surface area contributed by atoms with Crippen LogP contribution in [0.5, 0.6) is 0 Å². The minimum atomic E-state index is -1.24. The number of carboxylic acids is 1. The molecule has 0 amide bonds. The molecule has 0 fully saturated rings. The summed E-state index contributed by atoms with van der Waals surface area (Å²) < 4.78 is 4.03. The van der Waals surface area contributed by atoms with Crippen LogP contribution >= 0.6 is 11.5 Å². The fourth-order valence-corrected chi connectivity index (χ4v) is 2.30. The molecule has 17 heavy (non-hydrogen) atoms. The van der Waals surface area contributed by atoms with Gasteiger partial charge in [0.1, 0.15) is 0 Å². The third-order valence-electron chi connectivity index (χ3n) is 2.55. The standard InChI is InChI=1S/C9H10N4O3S/c10-9-11-7(13-17-9)5-3-1-2-4(5)6(12-16)8(14)15/h3-4,16H,1-2H2,(H,14,15)(H2,10,11,13). The van der Waals surface area contributed by atoms with Crippen molar-refractivity contribution < 1.29 is 15.1 Å². The third kappa shape index (κ3) is 2.11. The second-order valence-corrected chi connectivity index (χ2v) is 4.32. The number of nitrogens with two attached hydrogens (primary N) is 1. The number of nitrogen functional groups attached to an aromatic ring is 1. The van der Waals surface area contributed by atoms with Gasteiger partial charge in [-0.3, -0.25) is 0 Å². The number of carbonyl (C=O) groups is 1. The van der Waals surface area contributed by atoms with Gasteiger partial charge in [0.05, 0.1) is 0 Å². The lowest BCUT2D eigenvalue weighted by Gasteiger charge is -2.10. The van der Waals surface area contributed by atoms with Gasteiger partial charge in [0, 0.05) is 23.0 Å². The van der Waals surface area contributed by atoms with E-state index in [4.69, 9.17) is 16.0 Å². The Hall–Kier alpha value is -1.96. The van der Waals surface area contributed by atoms with Gasteiger partial charge in [0.25, 0.3) is 0 Å². The van der Waals surface area contributed by atoms with Crippen molar-refractivity contribution in [2.75, 3.05) is 5.73 Å². The van der Waals surface area contributed by atoms with Crippen molar-refractivity contribution in [1.82, 2.24) is 9.36 Å². The molecule has 1 aliphatic rings. The predicted octanol–water partition coefficient (Wildman–Crippen LogP) is 0.828. The van der Waals surface area contributed by atoms with Crippen LogP contribution in [0.2, 0.25) is 0 Å². The Bertz CT molecular complexity index is 508. The number of hydrogen-bond acceptors (Lipinski definition) is 7. The van der Waals surface area contributed by atoms with Gasteiger partial charge in [-0.15, -0.1) is 0 Å². The molecular formula is C9H10N4O3S. The highest BCUT2D eigenvalue weighted by atomic mass is 32.1. The molecule has 1 aromatic rings. The maximum Gasteiger partial charge on any atom is 0.354 e. The molecule has 0 aromatic carbocycles. The first-order chi connectivity index (χ1) is 8.13. The van der Waals surface area contributed by atoms with E-state index >= 15 is 0 Å². The molecule has 0 spiro atoms. The number of carboxylic acid groups (broad SMARTS) is 1. The average Bonchev–Trinajstić information content (AvgIpc) is 2.87. The molecule has 0 aliphatic heterocycles. The average molecular weight is 254 g/mol. The smallest absolute Gasteiger partial charge is 0.354 e. The zero-order chi connectivity index (χ0) is 12.4. The molecular weight excluding hydrogens is 244 g/mol. The van der Waals surface area contributed by atoms with E-state index in [2.05, 4.69) is 14.5 Å². The van der Waals surface area contributed by atoms with E-state index in [1.807, 2.05) is 6.08 Å². The summed E-state index contributed by atoms with van der Waals surface area (Å²) in [4.78, 5) is 14.9. The molecule has 0 radical (unpaired) electrons. The summed E-state index contributed by atoms with van der Waals surface area (Å²) in [5.74, 6) is -1.31. The molecule has 4 N–H and O–H groups in total. The lowest BCUT2D eigenvalue weighted by atomic mass is 9.95. The molecule has 8 heteroatoms. The fourth-order valence-electron chi connectivity index (χ4n) is 1.85. The van der Waals surface area contributed by atoms with Crippen LogP contribution in [0.25, 0.3) is 5.57 Å². The second kappa shape index (κ2) is 4.50. The number of oxime groups is 1. The van der Waals surface area contributed by atoms with Crippen molar-refractivity contribution in [2.45, 2.75) is 12.8 Å². The minimum absolute atomic E-state index is 0.290. The van der Waals surface area contributed by atoms with E-state index in [-0.39, 0.29) is 5.71 Å². The Balaban J connectivity index is 2.32. The van der Waals surface area contributed by atoms with Crippen LogP contribution in [-0.2, 0) is 4.79 Å². The van der Waals surface area contributed by atoms with Crippen molar-refractivity contribution in [3.8, 4) is 0 Å². The van der Waals surface area contributed by atoms with E-state index < -0.39 is 11.9 Å². The summed E-state index contributed by atoms with van der Waals surface area (Å²) in [6.07, 6.45) is 3.12. The molecule has 2 rings (SSSR count). The first-order valence-electron chi connectivity index (χ1n) is 4.88. The van der Waals surface area contributed by atoms with Gasteiger partial charge in [0.2, 0.25) is 0 Å². The van der Waals surface area contributed by atoms with Gasteiger partial charge < -0.3 is 16.0 Å². The molecule has 0 bridgehead atoms. The molecule has 90 valence electrons. The van der Waals surface area contributed by atoms with Crippen LogP contribution in [0.15, 0.2) is 11.2 Å². The zero-order valence-corrected chi connectivity index (χ0v) is 9.52. The maximum absolute atomic E-state index is 10.9. The van der Waals surface area contributed by atoms with Crippen molar-refractivity contribution in [2.24, 2.45) is 11.1 Å². The van der Waals surface area contributed by atoms with E-state index in [1.54, 1.807) is 0 Å². The zero-order valence-electron chi connectivity index (χ0n) is 8.70. The van der Waals surface area contributed by atoms with Crippen LogP contribution in [0, 0.1) is 5.92 Å². The summed E-state index contributed by atoms with van der Waals surface area (Å²) in [6, 6.07) is 0.